The lowest BCUT2D eigenvalue weighted by Gasteiger charge is -2.28. The lowest BCUT2D eigenvalue weighted by atomic mass is 10.0. The lowest BCUT2D eigenvalue weighted by molar-refractivity contribution is 0.178. The largest absolute Gasteiger partial charge is 0.507 e. The van der Waals surface area contributed by atoms with Crippen molar-refractivity contribution in [1.29, 1.82) is 0 Å². The summed E-state index contributed by atoms with van der Waals surface area (Å²) in [6, 6.07) is 39.3. The van der Waals surface area contributed by atoms with E-state index in [1.54, 1.807) is 12.4 Å². The third-order valence-electron chi connectivity index (χ3n) is 8.69. The summed E-state index contributed by atoms with van der Waals surface area (Å²) in [4.78, 5) is 23.0. The van der Waals surface area contributed by atoms with Crippen LogP contribution >= 0.6 is 0 Å². The molecule has 6 rings (SSSR count). The maximum atomic E-state index is 11.5. The van der Waals surface area contributed by atoms with Gasteiger partial charge in [0.1, 0.15) is 11.5 Å². The number of aromatic nitrogens is 2. The molecule has 0 atom stereocenters. The Kier molecular flexibility index (Phi) is 12.3. The Hall–Kier alpha value is -5.96. The average Bonchev–Trinajstić information content (AvgIpc) is 3.16. The molecule has 0 bridgehead atoms. The van der Waals surface area contributed by atoms with Crippen molar-refractivity contribution in [2.24, 2.45) is 9.98 Å². The molecular weight excluding hydrogens is 645 g/mol. The molecule has 8 nitrogen and oxygen atoms in total. The third-order valence-corrected chi connectivity index (χ3v) is 8.69. The van der Waals surface area contributed by atoms with Gasteiger partial charge in [-0.05, 0) is 85.6 Å². The van der Waals surface area contributed by atoms with Crippen molar-refractivity contribution < 1.29 is 10.2 Å². The van der Waals surface area contributed by atoms with Gasteiger partial charge in [-0.3, -0.25) is 29.8 Å². The number of aryl methyl sites for hydroxylation is 2. The third kappa shape index (κ3) is 10.3. The van der Waals surface area contributed by atoms with Gasteiger partial charge in [0, 0.05) is 86.3 Å². The van der Waals surface area contributed by atoms with Crippen LogP contribution in [0.15, 0.2) is 144 Å². The van der Waals surface area contributed by atoms with E-state index in [2.05, 4.69) is 29.8 Å². The fraction of sp³-hybridized carbons (Fsp3) is 0.182. The van der Waals surface area contributed by atoms with Gasteiger partial charge in [0.05, 0.1) is 22.8 Å². The Morgan fingerprint density at radius 2 is 0.923 bits per heavy atom. The molecule has 8 heteroatoms. The molecule has 0 aliphatic carbocycles. The zero-order valence-corrected chi connectivity index (χ0v) is 29.7. The fourth-order valence-electron chi connectivity index (χ4n) is 6.16. The van der Waals surface area contributed by atoms with Gasteiger partial charge in [-0.2, -0.15) is 0 Å². The molecule has 0 radical (unpaired) electrons. The number of benzene rings is 4. The lowest BCUT2D eigenvalue weighted by Crippen LogP contribution is -2.34. The second-order valence-electron chi connectivity index (χ2n) is 13.0. The number of aliphatic imine (C=N–C) groups is 2. The molecule has 262 valence electrons. The summed E-state index contributed by atoms with van der Waals surface area (Å²) in [5.74, 6) is 0.437. The molecule has 2 aromatic heterocycles. The Morgan fingerprint density at radius 3 is 1.31 bits per heavy atom. The first-order valence-corrected chi connectivity index (χ1v) is 17.5. The fourth-order valence-corrected chi connectivity index (χ4v) is 6.16. The molecule has 2 N–H and O–H groups in total. The van der Waals surface area contributed by atoms with Gasteiger partial charge in [0.15, 0.2) is 0 Å². The molecule has 0 aliphatic rings. The zero-order chi connectivity index (χ0) is 36.1. The van der Waals surface area contributed by atoms with E-state index >= 15 is 0 Å². The van der Waals surface area contributed by atoms with E-state index in [9.17, 15) is 10.2 Å². The summed E-state index contributed by atoms with van der Waals surface area (Å²) in [5.41, 5.74) is 8.60. The summed E-state index contributed by atoms with van der Waals surface area (Å²) in [6.07, 6.45) is 7.07. The normalized spacial score (nSPS) is 11.7. The van der Waals surface area contributed by atoms with Gasteiger partial charge >= 0.3 is 0 Å². The molecule has 52 heavy (non-hydrogen) atoms. The first-order chi connectivity index (χ1) is 25.4. The molecule has 0 amide bonds. The predicted octanol–water partition coefficient (Wildman–Crippen LogP) is 8.71. The molecule has 0 saturated heterocycles. The summed E-state index contributed by atoms with van der Waals surface area (Å²) in [6.45, 7) is 7.59. The van der Waals surface area contributed by atoms with E-state index < -0.39 is 0 Å². The van der Waals surface area contributed by atoms with Crippen LogP contribution in [0.4, 0.5) is 11.4 Å². The standard InChI is InChI=1S/C44H44N6O2/c1-33-23-35(27-47-39-13-5-3-6-14-39)43(51)37(25-33)29-49(31-41-17-9-11-19-45-41)21-22-50(32-42-18-10-12-20-46-42)30-38-26-34(2)24-36(44(38)52)28-48-40-15-7-4-8-16-40/h3-20,23-28,51-52H,21-22,29-32H2,1-2H3. The van der Waals surface area contributed by atoms with Crippen molar-refractivity contribution in [3.05, 3.63) is 178 Å². The molecular formula is C44H44N6O2. The van der Waals surface area contributed by atoms with Crippen LogP contribution in [0.25, 0.3) is 0 Å². The highest BCUT2D eigenvalue weighted by Crippen LogP contribution is 2.28. The Labute approximate surface area is 306 Å². The van der Waals surface area contributed by atoms with Crippen LogP contribution in [0, 0.1) is 13.8 Å². The summed E-state index contributed by atoms with van der Waals surface area (Å²) in [7, 11) is 0. The van der Waals surface area contributed by atoms with Crippen LogP contribution < -0.4 is 0 Å². The quantitative estimate of drug-likeness (QED) is 0.105. The van der Waals surface area contributed by atoms with Gasteiger partial charge in [-0.25, -0.2) is 0 Å². The molecule has 0 aliphatic heterocycles. The molecule has 0 fully saturated rings. The van der Waals surface area contributed by atoms with E-state index in [4.69, 9.17) is 0 Å². The maximum absolute atomic E-state index is 11.5. The number of phenols is 2. The van der Waals surface area contributed by atoms with Gasteiger partial charge in [0.25, 0.3) is 0 Å². The first kappa shape index (κ1) is 35.9. The van der Waals surface area contributed by atoms with Gasteiger partial charge in [-0.1, -0.05) is 60.7 Å². The monoisotopic (exact) mass is 688 g/mol. The van der Waals surface area contributed by atoms with Crippen molar-refractivity contribution in [3.8, 4) is 11.5 Å². The van der Waals surface area contributed by atoms with E-state index in [-0.39, 0.29) is 11.5 Å². The van der Waals surface area contributed by atoms with Crippen molar-refractivity contribution in [2.75, 3.05) is 13.1 Å². The van der Waals surface area contributed by atoms with Crippen molar-refractivity contribution >= 4 is 23.8 Å². The van der Waals surface area contributed by atoms with E-state index in [0.717, 1.165) is 45.0 Å². The van der Waals surface area contributed by atoms with Crippen LogP contribution in [-0.4, -0.2) is 55.5 Å². The van der Waals surface area contributed by atoms with Gasteiger partial charge < -0.3 is 10.2 Å². The maximum Gasteiger partial charge on any atom is 0.128 e. The highest BCUT2D eigenvalue weighted by molar-refractivity contribution is 5.87. The second-order valence-corrected chi connectivity index (χ2v) is 13.0. The average molecular weight is 689 g/mol. The van der Waals surface area contributed by atoms with E-state index in [1.165, 1.54) is 0 Å². The summed E-state index contributed by atoms with van der Waals surface area (Å²) >= 11 is 0. The predicted molar refractivity (Wildman–Crippen MR) is 210 cm³/mol. The topological polar surface area (TPSA) is 97.4 Å². The van der Waals surface area contributed by atoms with Crippen LogP contribution in [-0.2, 0) is 26.2 Å². The number of para-hydroxylation sites is 2. The number of pyridine rings is 2. The van der Waals surface area contributed by atoms with Crippen LogP contribution in [0.3, 0.4) is 0 Å². The Morgan fingerprint density at radius 1 is 0.519 bits per heavy atom. The molecule has 4 aromatic carbocycles. The molecule has 6 aromatic rings. The second kappa shape index (κ2) is 17.8. The van der Waals surface area contributed by atoms with Gasteiger partial charge in [0.2, 0.25) is 0 Å². The van der Waals surface area contributed by atoms with Crippen molar-refractivity contribution in [2.45, 2.75) is 40.0 Å². The Balaban J connectivity index is 1.26. The number of hydrogen-bond acceptors (Lipinski definition) is 8. The number of aromatic hydroxyl groups is 2. The Bertz CT molecular complexity index is 1940. The van der Waals surface area contributed by atoms with E-state index in [0.29, 0.717) is 50.4 Å². The first-order valence-electron chi connectivity index (χ1n) is 17.5. The molecule has 2 heterocycles. The van der Waals surface area contributed by atoms with E-state index in [1.807, 2.05) is 148 Å². The number of hydrogen-bond donors (Lipinski definition) is 2. The number of phenolic OH excluding ortho intramolecular Hbond substituents is 2. The summed E-state index contributed by atoms with van der Waals surface area (Å²) in [5, 5.41) is 23.0. The minimum absolute atomic E-state index is 0.219. The van der Waals surface area contributed by atoms with Gasteiger partial charge in [-0.15, -0.1) is 0 Å². The van der Waals surface area contributed by atoms with Crippen LogP contribution in [0.2, 0.25) is 0 Å². The minimum atomic E-state index is 0.219. The summed E-state index contributed by atoms with van der Waals surface area (Å²) < 4.78 is 0. The minimum Gasteiger partial charge on any atom is -0.507 e. The highest BCUT2D eigenvalue weighted by atomic mass is 16.3. The molecule has 0 saturated carbocycles. The van der Waals surface area contributed by atoms with Crippen molar-refractivity contribution in [3.63, 3.8) is 0 Å². The smallest absolute Gasteiger partial charge is 0.128 e. The highest BCUT2D eigenvalue weighted by Gasteiger charge is 2.18. The molecule has 0 spiro atoms. The van der Waals surface area contributed by atoms with Crippen molar-refractivity contribution in [1.82, 2.24) is 19.8 Å². The van der Waals surface area contributed by atoms with Crippen LogP contribution in [0.1, 0.15) is 44.8 Å². The number of rotatable bonds is 15. The molecule has 0 unspecified atom stereocenters. The van der Waals surface area contributed by atoms with Crippen LogP contribution in [0.5, 0.6) is 11.5 Å². The number of nitrogens with zero attached hydrogens (tertiary/aromatic N) is 6. The zero-order valence-electron chi connectivity index (χ0n) is 29.7. The SMILES string of the molecule is Cc1cc(C=Nc2ccccc2)c(O)c(CN(CCN(Cc2ccccn2)Cc2cc(C)cc(C=Nc3ccccc3)c2O)Cc2ccccn2)c1.